The van der Waals surface area contributed by atoms with Crippen LogP contribution in [0.3, 0.4) is 0 Å². The number of carbonyl (C=O) groups is 3. The van der Waals surface area contributed by atoms with Gasteiger partial charge in [0.1, 0.15) is 6.04 Å². The fraction of sp³-hybridized carbons (Fsp3) is 0.750. The first-order valence-electron chi connectivity index (χ1n) is 6.34. The third-order valence-corrected chi connectivity index (χ3v) is 3.05. The highest BCUT2D eigenvalue weighted by molar-refractivity contribution is 5.87. The number of likely N-dealkylation sites (tertiary alicyclic amines) is 1. The highest BCUT2D eigenvalue weighted by Gasteiger charge is 2.22. The SMILES string of the molecule is CC[C@H](NC(=O)CN1CCCCCC1=O)C(=O)O. The van der Waals surface area contributed by atoms with Crippen LogP contribution in [-0.4, -0.2) is 46.9 Å². The van der Waals surface area contributed by atoms with Gasteiger partial charge in [0, 0.05) is 13.0 Å². The van der Waals surface area contributed by atoms with Crippen molar-refractivity contribution in [2.45, 2.75) is 45.1 Å². The molecule has 0 bridgehead atoms. The van der Waals surface area contributed by atoms with Gasteiger partial charge in [0.2, 0.25) is 11.8 Å². The first kappa shape index (κ1) is 14.5. The highest BCUT2D eigenvalue weighted by Crippen LogP contribution is 2.10. The molecule has 1 heterocycles. The molecule has 1 saturated heterocycles. The third-order valence-electron chi connectivity index (χ3n) is 3.05. The van der Waals surface area contributed by atoms with Gasteiger partial charge in [-0.3, -0.25) is 9.59 Å². The van der Waals surface area contributed by atoms with Gasteiger partial charge in [-0.15, -0.1) is 0 Å². The molecule has 0 aromatic rings. The summed E-state index contributed by atoms with van der Waals surface area (Å²) in [5.41, 5.74) is 0. The van der Waals surface area contributed by atoms with Gasteiger partial charge in [0.15, 0.2) is 0 Å². The molecule has 0 aromatic heterocycles. The van der Waals surface area contributed by atoms with Crippen molar-refractivity contribution < 1.29 is 19.5 Å². The predicted molar refractivity (Wildman–Crippen MR) is 64.9 cm³/mol. The molecule has 1 aliphatic rings. The lowest BCUT2D eigenvalue weighted by Gasteiger charge is -2.21. The molecule has 0 unspecified atom stereocenters. The van der Waals surface area contributed by atoms with E-state index in [0.29, 0.717) is 19.4 Å². The topological polar surface area (TPSA) is 86.7 Å². The Hall–Kier alpha value is -1.59. The van der Waals surface area contributed by atoms with Crippen molar-refractivity contribution in [2.75, 3.05) is 13.1 Å². The summed E-state index contributed by atoms with van der Waals surface area (Å²) >= 11 is 0. The van der Waals surface area contributed by atoms with Gasteiger partial charge in [-0.05, 0) is 19.3 Å². The Balaban J connectivity index is 2.47. The number of hydrogen-bond donors (Lipinski definition) is 2. The van der Waals surface area contributed by atoms with Gasteiger partial charge in [-0.25, -0.2) is 4.79 Å². The summed E-state index contributed by atoms with van der Waals surface area (Å²) < 4.78 is 0. The zero-order chi connectivity index (χ0) is 13.5. The van der Waals surface area contributed by atoms with E-state index in [0.717, 1.165) is 19.3 Å². The van der Waals surface area contributed by atoms with Crippen LogP contribution in [0, 0.1) is 0 Å². The first-order chi connectivity index (χ1) is 8.54. The van der Waals surface area contributed by atoms with Crippen molar-refractivity contribution in [3.63, 3.8) is 0 Å². The van der Waals surface area contributed by atoms with Crippen LogP contribution in [0.1, 0.15) is 39.0 Å². The minimum absolute atomic E-state index is 0.0222. The normalized spacial score (nSPS) is 18.1. The van der Waals surface area contributed by atoms with Crippen LogP contribution in [0.15, 0.2) is 0 Å². The predicted octanol–water partition coefficient (Wildman–Crippen LogP) is 0.368. The van der Waals surface area contributed by atoms with E-state index in [1.807, 2.05) is 0 Å². The van der Waals surface area contributed by atoms with E-state index in [2.05, 4.69) is 5.32 Å². The number of aliphatic carboxylic acids is 1. The fourth-order valence-electron chi connectivity index (χ4n) is 1.96. The first-order valence-corrected chi connectivity index (χ1v) is 6.34. The van der Waals surface area contributed by atoms with E-state index in [-0.39, 0.29) is 12.5 Å². The molecular weight excluding hydrogens is 236 g/mol. The lowest BCUT2D eigenvalue weighted by molar-refractivity contribution is -0.142. The molecule has 0 radical (unpaired) electrons. The zero-order valence-electron chi connectivity index (χ0n) is 10.6. The van der Waals surface area contributed by atoms with E-state index < -0.39 is 17.9 Å². The van der Waals surface area contributed by atoms with Gasteiger partial charge in [-0.2, -0.15) is 0 Å². The molecule has 0 aromatic carbocycles. The number of nitrogens with zero attached hydrogens (tertiary/aromatic N) is 1. The largest absolute Gasteiger partial charge is 0.480 e. The summed E-state index contributed by atoms with van der Waals surface area (Å²) in [5, 5.41) is 11.3. The Kier molecular flexibility index (Phi) is 5.61. The second kappa shape index (κ2) is 6.98. The molecule has 1 rings (SSSR count). The summed E-state index contributed by atoms with van der Waals surface area (Å²) in [6.07, 6.45) is 3.56. The van der Waals surface area contributed by atoms with Gasteiger partial charge >= 0.3 is 5.97 Å². The van der Waals surface area contributed by atoms with Crippen molar-refractivity contribution in [3.8, 4) is 0 Å². The van der Waals surface area contributed by atoms with Crippen LogP contribution >= 0.6 is 0 Å². The Morgan fingerprint density at radius 3 is 2.72 bits per heavy atom. The van der Waals surface area contributed by atoms with E-state index in [9.17, 15) is 14.4 Å². The second-order valence-corrected chi connectivity index (χ2v) is 4.49. The summed E-state index contributed by atoms with van der Waals surface area (Å²) in [7, 11) is 0. The molecule has 0 saturated carbocycles. The molecule has 2 N–H and O–H groups in total. The average Bonchev–Trinajstić information content (AvgIpc) is 2.51. The highest BCUT2D eigenvalue weighted by atomic mass is 16.4. The number of carboxylic acid groups (broad SMARTS) is 1. The van der Waals surface area contributed by atoms with Crippen LogP contribution < -0.4 is 5.32 Å². The number of rotatable bonds is 5. The van der Waals surface area contributed by atoms with E-state index in [1.165, 1.54) is 4.90 Å². The van der Waals surface area contributed by atoms with E-state index >= 15 is 0 Å². The second-order valence-electron chi connectivity index (χ2n) is 4.49. The fourth-order valence-corrected chi connectivity index (χ4v) is 1.96. The summed E-state index contributed by atoms with van der Waals surface area (Å²) in [6.45, 7) is 2.23. The molecule has 18 heavy (non-hydrogen) atoms. The maximum Gasteiger partial charge on any atom is 0.326 e. The molecule has 1 atom stereocenters. The van der Waals surface area contributed by atoms with Gasteiger partial charge in [0.25, 0.3) is 0 Å². The van der Waals surface area contributed by atoms with Gasteiger partial charge < -0.3 is 15.3 Å². The van der Waals surface area contributed by atoms with Crippen molar-refractivity contribution in [3.05, 3.63) is 0 Å². The van der Waals surface area contributed by atoms with Crippen LogP contribution in [0.5, 0.6) is 0 Å². The maximum atomic E-state index is 11.7. The molecule has 0 spiro atoms. The number of carbonyl (C=O) groups excluding carboxylic acids is 2. The Morgan fingerprint density at radius 1 is 1.39 bits per heavy atom. The van der Waals surface area contributed by atoms with Crippen LogP contribution in [-0.2, 0) is 14.4 Å². The van der Waals surface area contributed by atoms with Crippen molar-refractivity contribution in [1.82, 2.24) is 10.2 Å². The number of nitrogens with one attached hydrogen (secondary N) is 1. The standard InChI is InChI=1S/C12H20N2O4/c1-2-9(12(17)18)13-10(15)8-14-7-5-3-4-6-11(14)16/h9H,2-8H2,1H3,(H,13,15)(H,17,18)/t9-/m0/s1. The molecule has 6 heteroatoms. The zero-order valence-corrected chi connectivity index (χ0v) is 10.6. The van der Waals surface area contributed by atoms with E-state index in [4.69, 9.17) is 5.11 Å². The van der Waals surface area contributed by atoms with Crippen LogP contribution in [0.25, 0.3) is 0 Å². The van der Waals surface area contributed by atoms with Crippen LogP contribution in [0.4, 0.5) is 0 Å². The molecule has 1 fully saturated rings. The van der Waals surface area contributed by atoms with Crippen LogP contribution in [0.2, 0.25) is 0 Å². The number of amides is 2. The minimum Gasteiger partial charge on any atom is -0.480 e. The molecular formula is C12H20N2O4. The monoisotopic (exact) mass is 256 g/mol. The molecule has 102 valence electrons. The minimum atomic E-state index is -1.05. The maximum absolute atomic E-state index is 11.7. The Morgan fingerprint density at radius 2 is 2.11 bits per heavy atom. The molecule has 6 nitrogen and oxygen atoms in total. The van der Waals surface area contributed by atoms with Crippen molar-refractivity contribution >= 4 is 17.8 Å². The van der Waals surface area contributed by atoms with Gasteiger partial charge in [0.05, 0.1) is 6.54 Å². The lowest BCUT2D eigenvalue weighted by atomic mass is 10.2. The summed E-state index contributed by atoms with van der Waals surface area (Å²) in [5.74, 6) is -1.47. The molecule has 2 amide bonds. The quantitative estimate of drug-likeness (QED) is 0.744. The summed E-state index contributed by atoms with van der Waals surface area (Å²) in [6, 6.07) is -0.875. The number of carboxylic acids is 1. The third kappa shape index (κ3) is 4.35. The lowest BCUT2D eigenvalue weighted by Crippen LogP contribution is -2.46. The van der Waals surface area contributed by atoms with Crippen molar-refractivity contribution in [1.29, 1.82) is 0 Å². The Bertz CT molecular complexity index is 330. The molecule has 0 aliphatic carbocycles. The molecule has 1 aliphatic heterocycles. The summed E-state index contributed by atoms with van der Waals surface area (Å²) in [4.78, 5) is 35.6. The number of hydrogen-bond acceptors (Lipinski definition) is 3. The van der Waals surface area contributed by atoms with Crippen molar-refractivity contribution in [2.24, 2.45) is 0 Å². The smallest absolute Gasteiger partial charge is 0.326 e. The Labute approximate surface area is 106 Å². The van der Waals surface area contributed by atoms with Gasteiger partial charge in [-0.1, -0.05) is 13.3 Å². The average molecular weight is 256 g/mol. The van der Waals surface area contributed by atoms with E-state index in [1.54, 1.807) is 6.92 Å².